The highest BCUT2D eigenvalue weighted by Crippen LogP contribution is 2.68. The Morgan fingerprint density at radius 1 is 0.193 bits per heavy atom. The van der Waals surface area contributed by atoms with Crippen molar-refractivity contribution in [3.8, 4) is 83.6 Å². The lowest BCUT2D eigenvalue weighted by atomic mass is 9.33. The number of para-hydroxylation sites is 2. The molecule has 1 aromatic heterocycles. The first-order chi connectivity index (χ1) is 54.1. The Morgan fingerprint density at radius 2 is 0.486 bits per heavy atom. The van der Waals surface area contributed by atoms with Crippen LogP contribution in [0.25, 0.3) is 105 Å². The van der Waals surface area contributed by atoms with E-state index in [0.717, 1.165) is 39.5 Å². The lowest BCUT2D eigenvalue weighted by Gasteiger charge is -2.45. The zero-order chi connectivity index (χ0) is 70.7. The predicted octanol–water partition coefficient (Wildman–Crippen LogP) is 23.6. The molecule has 6 aliphatic carbocycles. The fourth-order valence-corrected chi connectivity index (χ4v) is 22.7. The summed E-state index contributed by atoms with van der Waals surface area (Å²) < 4.78 is 2.56. The molecule has 0 unspecified atom stereocenters. The highest BCUT2D eigenvalue weighted by molar-refractivity contribution is 7.00. The molecule has 0 N–H and O–H groups in total. The molecule has 2 aliphatic heterocycles. The van der Waals surface area contributed by atoms with Gasteiger partial charge in [0.05, 0.1) is 33.0 Å². The second kappa shape index (κ2) is 20.8. The molecular weight excluding hydrogens is 1310 g/mol. The van der Waals surface area contributed by atoms with Crippen LogP contribution in [0.4, 0.5) is 34.1 Å². The first-order valence-electron chi connectivity index (χ1n) is 38.4. The molecule has 0 saturated heterocycles. The van der Waals surface area contributed by atoms with Crippen LogP contribution in [0.5, 0.6) is 0 Å². The summed E-state index contributed by atoms with van der Waals surface area (Å²) in [4.78, 5) is 5.41. The summed E-state index contributed by atoms with van der Waals surface area (Å²) in [7, 11) is 0. The van der Waals surface area contributed by atoms with Gasteiger partial charge in [0, 0.05) is 44.9 Å². The molecule has 18 aromatic rings. The lowest BCUT2D eigenvalue weighted by molar-refractivity contribution is 0.793. The van der Waals surface area contributed by atoms with Crippen LogP contribution in [0.2, 0.25) is 0 Å². The Kier molecular flexibility index (Phi) is 11.2. The number of benzene rings is 17. The SMILES string of the molecule is c1ccc(-c2ccc(N3c4cc5c(cc4B4c6cc7c(cc6N(c6ccc8c(c6)-c6ccccc6C86c8ccccc8-c8ccccc86)c6cc(-n8c9ccccc9c9ccccc98)cc3c64)-c3ccccc3C73c4ccccc4-c4ccccc43)C3(c4ccccc4-c4ccccc43)c3ccccc3-5)cc2)cc1. The normalized spacial score (nSPS) is 15.0. The molecule has 26 rings (SSSR count). The minimum atomic E-state index is -0.618. The highest BCUT2D eigenvalue weighted by atomic mass is 15.2. The van der Waals surface area contributed by atoms with Crippen LogP contribution in [0, 0.1) is 0 Å². The monoisotopic (exact) mass is 1380 g/mol. The molecule has 0 saturated carbocycles. The van der Waals surface area contributed by atoms with Crippen molar-refractivity contribution in [3.05, 3.63) is 443 Å². The quantitative estimate of drug-likeness (QED) is 0.163. The van der Waals surface area contributed by atoms with Gasteiger partial charge in [-0.25, -0.2) is 0 Å². The average molecular weight is 1380 g/mol. The maximum absolute atomic E-state index is 2.74. The van der Waals surface area contributed by atoms with Crippen molar-refractivity contribution in [2.24, 2.45) is 0 Å². The molecule has 3 spiro atoms. The zero-order valence-electron chi connectivity index (χ0n) is 59.2. The van der Waals surface area contributed by atoms with Gasteiger partial charge in [-0.15, -0.1) is 0 Å². The summed E-state index contributed by atoms with van der Waals surface area (Å²) in [6.07, 6.45) is 0. The zero-order valence-corrected chi connectivity index (χ0v) is 59.2. The Bertz CT molecular complexity index is 6960. The second-order valence-corrected chi connectivity index (χ2v) is 31.1. The van der Waals surface area contributed by atoms with E-state index < -0.39 is 16.2 Å². The fraction of sp³-hybridized carbons (Fsp3) is 0.0286. The molecule has 109 heavy (non-hydrogen) atoms. The molecule has 0 amide bonds. The van der Waals surface area contributed by atoms with Crippen molar-refractivity contribution in [3.63, 3.8) is 0 Å². The van der Waals surface area contributed by atoms with Crippen molar-refractivity contribution in [2.45, 2.75) is 16.2 Å². The van der Waals surface area contributed by atoms with Gasteiger partial charge in [-0.05, 0) is 222 Å². The third kappa shape index (κ3) is 7.00. The molecule has 4 heteroatoms. The summed E-state index contributed by atoms with van der Waals surface area (Å²) >= 11 is 0. The van der Waals surface area contributed by atoms with Crippen molar-refractivity contribution in [1.29, 1.82) is 0 Å². The molecule has 8 aliphatic rings. The molecule has 0 atom stereocenters. The third-order valence-electron chi connectivity index (χ3n) is 26.6. The van der Waals surface area contributed by atoms with Crippen LogP contribution in [0.1, 0.15) is 66.8 Å². The fourth-order valence-electron chi connectivity index (χ4n) is 22.7. The number of aromatic nitrogens is 1. The standard InChI is InChI=1S/C105H62BN3/c1-2-26-63(27-3-1)64-50-52-65(53-51-64)107-98-59-80-75-35-11-22-46-89(75)104(84-41-17-6-30-70(84)71-31-7-18-42-85(71)104)92(80)61-94(98)106-95-62-93-81(76-36-12-23-47-90(76)105(93)86-43-19-8-32-72(86)73-33-9-20-44-87(73)105)60-99(95)108(101-58-67(57-100(107)102(101)106)109-96-48-24-13-37-77(96)78-38-14-25-49-97(78)109)66-54-55-91-79(56-66)74-34-10-21-45-88(74)103(91)82-39-15-4-28-68(82)69-29-5-16-40-83(69)103/h1-62H. The topological polar surface area (TPSA) is 11.4 Å². The van der Waals surface area contributed by atoms with Crippen molar-refractivity contribution < 1.29 is 0 Å². The van der Waals surface area contributed by atoms with Gasteiger partial charge < -0.3 is 14.4 Å². The first-order valence-corrected chi connectivity index (χ1v) is 38.4. The number of rotatable bonds is 4. The van der Waals surface area contributed by atoms with E-state index in [2.05, 4.69) is 390 Å². The number of hydrogen-bond acceptors (Lipinski definition) is 2. The number of fused-ring (bicyclic) bond motifs is 37. The third-order valence-corrected chi connectivity index (χ3v) is 26.6. The van der Waals surface area contributed by atoms with Gasteiger partial charge in [-0.1, -0.05) is 315 Å². The minimum absolute atomic E-state index is 0.292. The Balaban J connectivity index is 0.832. The van der Waals surface area contributed by atoms with Gasteiger partial charge in [0.2, 0.25) is 0 Å². The lowest BCUT2D eigenvalue weighted by Crippen LogP contribution is -2.61. The smallest absolute Gasteiger partial charge is 0.252 e. The van der Waals surface area contributed by atoms with Gasteiger partial charge in [-0.3, -0.25) is 0 Å². The van der Waals surface area contributed by atoms with Gasteiger partial charge in [0.15, 0.2) is 0 Å². The maximum Gasteiger partial charge on any atom is 0.252 e. The Morgan fingerprint density at radius 3 is 0.881 bits per heavy atom. The van der Waals surface area contributed by atoms with Crippen LogP contribution in [0.15, 0.2) is 376 Å². The number of anilines is 6. The van der Waals surface area contributed by atoms with E-state index >= 15 is 0 Å². The van der Waals surface area contributed by atoms with E-state index in [1.54, 1.807) is 0 Å². The van der Waals surface area contributed by atoms with E-state index in [4.69, 9.17) is 0 Å². The van der Waals surface area contributed by atoms with Gasteiger partial charge in [0.25, 0.3) is 6.71 Å². The van der Waals surface area contributed by atoms with Gasteiger partial charge in [0.1, 0.15) is 0 Å². The van der Waals surface area contributed by atoms with Gasteiger partial charge in [-0.2, -0.15) is 0 Å². The summed E-state index contributed by atoms with van der Waals surface area (Å²) in [5, 5.41) is 2.45. The van der Waals surface area contributed by atoms with Crippen molar-refractivity contribution in [2.75, 3.05) is 9.80 Å². The van der Waals surface area contributed by atoms with E-state index in [0.29, 0.717) is 0 Å². The molecular formula is C105H62BN3. The van der Waals surface area contributed by atoms with Crippen LogP contribution < -0.4 is 26.2 Å². The molecule has 17 aromatic carbocycles. The molecule has 3 heterocycles. The van der Waals surface area contributed by atoms with Crippen LogP contribution in [-0.2, 0) is 16.2 Å². The summed E-state index contributed by atoms with van der Waals surface area (Å²) in [6.45, 7) is -0.292. The predicted molar refractivity (Wildman–Crippen MR) is 449 cm³/mol. The minimum Gasteiger partial charge on any atom is -0.311 e. The summed E-state index contributed by atoms with van der Waals surface area (Å²) in [6, 6.07) is 146. The van der Waals surface area contributed by atoms with E-state index in [9.17, 15) is 0 Å². The van der Waals surface area contributed by atoms with E-state index in [1.165, 1.54) is 183 Å². The average Bonchev–Trinajstić information content (AvgIpc) is 1.56. The summed E-state index contributed by atoms with van der Waals surface area (Å²) in [5.41, 5.74) is 46.0. The Labute approximate surface area is 631 Å². The van der Waals surface area contributed by atoms with Crippen molar-refractivity contribution in [1.82, 2.24) is 4.57 Å². The first kappa shape index (κ1) is 58.5. The van der Waals surface area contributed by atoms with Crippen LogP contribution in [-0.4, -0.2) is 11.3 Å². The maximum atomic E-state index is 2.74. The summed E-state index contributed by atoms with van der Waals surface area (Å²) in [5.74, 6) is 0. The van der Waals surface area contributed by atoms with Crippen molar-refractivity contribution >= 4 is 79.0 Å². The van der Waals surface area contributed by atoms with Gasteiger partial charge >= 0.3 is 0 Å². The highest BCUT2D eigenvalue weighted by Gasteiger charge is 2.58. The molecule has 0 fully saturated rings. The Hall–Kier alpha value is -13.8. The molecule has 500 valence electrons. The van der Waals surface area contributed by atoms with Crippen LogP contribution in [0.3, 0.4) is 0 Å². The van der Waals surface area contributed by atoms with Crippen LogP contribution >= 0.6 is 0 Å². The number of nitrogens with zero attached hydrogens (tertiary/aromatic N) is 3. The molecule has 0 radical (unpaired) electrons. The van der Waals surface area contributed by atoms with E-state index in [1.807, 2.05) is 0 Å². The number of hydrogen-bond donors (Lipinski definition) is 0. The second-order valence-electron chi connectivity index (χ2n) is 31.1. The molecule has 0 bridgehead atoms. The van der Waals surface area contributed by atoms with E-state index in [-0.39, 0.29) is 6.71 Å². The molecule has 3 nitrogen and oxygen atoms in total. The largest absolute Gasteiger partial charge is 0.311 e.